The average Bonchev–Trinajstić information content (AvgIpc) is 2.47. The molecule has 3 nitrogen and oxygen atoms in total. The van der Waals surface area contributed by atoms with Crippen molar-refractivity contribution in [2.45, 2.75) is 11.8 Å². The van der Waals surface area contributed by atoms with Gasteiger partial charge in [0, 0.05) is 18.0 Å². The summed E-state index contributed by atoms with van der Waals surface area (Å²) in [6, 6.07) is 9.65. The maximum absolute atomic E-state index is 6.50. The number of alkyl halides is 1. The third-order valence-electron chi connectivity index (χ3n) is 2.94. The van der Waals surface area contributed by atoms with Crippen LogP contribution in [0.15, 0.2) is 42.7 Å². The molecule has 0 aliphatic heterocycles. The molecule has 0 radical (unpaired) electrons. The van der Waals surface area contributed by atoms with Gasteiger partial charge in [0.2, 0.25) is 0 Å². The standard InChI is InChI=1S/C15H16ClNO2/c1-18-14-5-3-4-12(15(14)19-2)13(16)10-11-6-8-17-9-7-11/h3-9,13H,10H2,1-2H3. The molecule has 0 saturated carbocycles. The van der Waals surface area contributed by atoms with E-state index in [1.54, 1.807) is 26.6 Å². The summed E-state index contributed by atoms with van der Waals surface area (Å²) in [7, 11) is 3.24. The third-order valence-corrected chi connectivity index (χ3v) is 3.32. The Morgan fingerprint density at radius 3 is 2.47 bits per heavy atom. The molecule has 0 N–H and O–H groups in total. The summed E-state index contributed by atoms with van der Waals surface area (Å²) >= 11 is 6.50. The van der Waals surface area contributed by atoms with Crippen molar-refractivity contribution in [1.82, 2.24) is 4.98 Å². The van der Waals surface area contributed by atoms with Gasteiger partial charge in [-0.05, 0) is 30.2 Å². The first-order chi connectivity index (χ1) is 9.26. The van der Waals surface area contributed by atoms with Crippen LogP contribution in [0.25, 0.3) is 0 Å². The Bertz CT molecular complexity index is 531. The van der Waals surface area contributed by atoms with Gasteiger partial charge in [0.25, 0.3) is 0 Å². The topological polar surface area (TPSA) is 31.4 Å². The predicted molar refractivity (Wildman–Crippen MR) is 76.1 cm³/mol. The Morgan fingerprint density at radius 2 is 1.84 bits per heavy atom. The number of ether oxygens (including phenoxy) is 2. The molecule has 0 aliphatic rings. The largest absolute Gasteiger partial charge is 0.493 e. The molecule has 2 rings (SSSR count). The van der Waals surface area contributed by atoms with Gasteiger partial charge in [-0.2, -0.15) is 0 Å². The minimum atomic E-state index is -0.174. The fourth-order valence-electron chi connectivity index (χ4n) is 1.99. The number of methoxy groups -OCH3 is 2. The van der Waals surface area contributed by atoms with Crippen LogP contribution in [-0.2, 0) is 6.42 Å². The molecule has 0 bridgehead atoms. The smallest absolute Gasteiger partial charge is 0.165 e. The summed E-state index contributed by atoms with van der Waals surface area (Å²) in [5, 5.41) is -0.174. The SMILES string of the molecule is COc1cccc(C(Cl)Cc2ccncc2)c1OC. The number of halogens is 1. The molecule has 100 valence electrons. The highest BCUT2D eigenvalue weighted by molar-refractivity contribution is 6.21. The van der Waals surface area contributed by atoms with E-state index in [1.807, 2.05) is 30.3 Å². The van der Waals surface area contributed by atoms with Crippen LogP contribution >= 0.6 is 11.6 Å². The highest BCUT2D eigenvalue weighted by Gasteiger charge is 2.17. The summed E-state index contributed by atoms with van der Waals surface area (Å²) in [6.45, 7) is 0. The van der Waals surface area contributed by atoms with Crippen LogP contribution in [0.1, 0.15) is 16.5 Å². The lowest BCUT2D eigenvalue weighted by molar-refractivity contribution is 0.351. The summed E-state index contributed by atoms with van der Waals surface area (Å²) in [4.78, 5) is 4.00. The van der Waals surface area contributed by atoms with E-state index in [4.69, 9.17) is 21.1 Å². The Balaban J connectivity index is 2.26. The number of hydrogen-bond donors (Lipinski definition) is 0. The molecular formula is C15H16ClNO2. The average molecular weight is 278 g/mol. The van der Waals surface area contributed by atoms with Crippen LogP contribution in [0.2, 0.25) is 0 Å². The fourth-order valence-corrected chi connectivity index (χ4v) is 2.34. The van der Waals surface area contributed by atoms with Crippen LogP contribution in [0.5, 0.6) is 11.5 Å². The Labute approximate surface area is 118 Å². The first kappa shape index (κ1) is 13.7. The van der Waals surface area contributed by atoms with Gasteiger partial charge in [0.1, 0.15) is 0 Å². The van der Waals surface area contributed by atoms with E-state index < -0.39 is 0 Å². The second-order valence-corrected chi connectivity index (χ2v) is 4.64. The van der Waals surface area contributed by atoms with E-state index in [-0.39, 0.29) is 5.38 Å². The van der Waals surface area contributed by atoms with Gasteiger partial charge in [-0.25, -0.2) is 0 Å². The molecule has 0 saturated heterocycles. The maximum atomic E-state index is 6.50. The lowest BCUT2D eigenvalue weighted by Crippen LogP contribution is -2.01. The van der Waals surface area contributed by atoms with Gasteiger partial charge in [-0.15, -0.1) is 11.6 Å². The first-order valence-corrected chi connectivity index (χ1v) is 6.43. The highest BCUT2D eigenvalue weighted by Crippen LogP contribution is 2.38. The molecule has 1 unspecified atom stereocenters. The first-order valence-electron chi connectivity index (χ1n) is 6.00. The second kappa shape index (κ2) is 6.43. The van der Waals surface area contributed by atoms with Crippen molar-refractivity contribution >= 4 is 11.6 Å². The monoisotopic (exact) mass is 277 g/mol. The quantitative estimate of drug-likeness (QED) is 0.782. The summed E-state index contributed by atoms with van der Waals surface area (Å²) in [5.41, 5.74) is 2.07. The Hall–Kier alpha value is -1.74. The highest BCUT2D eigenvalue weighted by atomic mass is 35.5. The number of nitrogens with zero attached hydrogens (tertiary/aromatic N) is 1. The van der Waals surface area contributed by atoms with Crippen molar-refractivity contribution in [2.24, 2.45) is 0 Å². The predicted octanol–water partition coefficient (Wildman–Crippen LogP) is 3.62. The van der Waals surface area contributed by atoms with Crippen LogP contribution in [0.3, 0.4) is 0 Å². The van der Waals surface area contributed by atoms with Gasteiger partial charge < -0.3 is 9.47 Å². The van der Waals surface area contributed by atoms with E-state index in [0.717, 1.165) is 11.1 Å². The van der Waals surface area contributed by atoms with Gasteiger partial charge in [0.05, 0.1) is 19.6 Å². The molecule has 1 aromatic heterocycles. The van der Waals surface area contributed by atoms with E-state index in [1.165, 1.54) is 0 Å². The zero-order valence-electron chi connectivity index (χ0n) is 11.0. The number of pyridine rings is 1. The number of hydrogen-bond acceptors (Lipinski definition) is 3. The fraction of sp³-hybridized carbons (Fsp3) is 0.267. The third kappa shape index (κ3) is 3.18. The Morgan fingerprint density at radius 1 is 1.11 bits per heavy atom. The van der Waals surface area contributed by atoms with E-state index in [9.17, 15) is 0 Å². The van der Waals surface area contributed by atoms with Crippen molar-refractivity contribution < 1.29 is 9.47 Å². The van der Waals surface area contributed by atoms with Gasteiger partial charge in [0.15, 0.2) is 11.5 Å². The van der Waals surface area contributed by atoms with Crippen LogP contribution in [-0.4, -0.2) is 19.2 Å². The van der Waals surface area contributed by atoms with Gasteiger partial charge in [-0.3, -0.25) is 4.98 Å². The maximum Gasteiger partial charge on any atom is 0.165 e. The lowest BCUT2D eigenvalue weighted by atomic mass is 10.0. The van der Waals surface area contributed by atoms with Crippen molar-refractivity contribution in [3.05, 3.63) is 53.9 Å². The molecule has 4 heteroatoms. The normalized spacial score (nSPS) is 11.9. The summed E-state index contributed by atoms with van der Waals surface area (Å²) < 4.78 is 10.7. The van der Waals surface area contributed by atoms with Crippen LogP contribution in [0.4, 0.5) is 0 Å². The van der Waals surface area contributed by atoms with Crippen molar-refractivity contribution in [2.75, 3.05) is 14.2 Å². The molecule has 1 atom stereocenters. The second-order valence-electron chi connectivity index (χ2n) is 4.11. The molecular weight excluding hydrogens is 262 g/mol. The van der Waals surface area contributed by atoms with E-state index >= 15 is 0 Å². The van der Waals surface area contributed by atoms with Crippen LogP contribution in [0, 0.1) is 0 Å². The summed E-state index contributed by atoms with van der Waals surface area (Å²) in [6.07, 6.45) is 4.25. The van der Waals surface area contributed by atoms with Gasteiger partial charge in [-0.1, -0.05) is 12.1 Å². The van der Waals surface area contributed by atoms with Crippen molar-refractivity contribution in [3.63, 3.8) is 0 Å². The Kier molecular flexibility index (Phi) is 4.63. The minimum absolute atomic E-state index is 0.174. The van der Waals surface area contributed by atoms with Gasteiger partial charge >= 0.3 is 0 Å². The molecule has 1 heterocycles. The molecule has 19 heavy (non-hydrogen) atoms. The van der Waals surface area contributed by atoms with E-state index in [2.05, 4.69) is 4.98 Å². The minimum Gasteiger partial charge on any atom is -0.493 e. The number of para-hydroxylation sites is 1. The number of rotatable bonds is 5. The molecule has 2 aromatic rings. The van der Waals surface area contributed by atoms with Crippen LogP contribution < -0.4 is 9.47 Å². The number of aromatic nitrogens is 1. The molecule has 0 aliphatic carbocycles. The van der Waals surface area contributed by atoms with E-state index in [0.29, 0.717) is 17.9 Å². The zero-order chi connectivity index (χ0) is 13.7. The van der Waals surface area contributed by atoms with Crippen molar-refractivity contribution in [1.29, 1.82) is 0 Å². The zero-order valence-corrected chi connectivity index (χ0v) is 11.7. The number of benzene rings is 1. The van der Waals surface area contributed by atoms with Crippen molar-refractivity contribution in [3.8, 4) is 11.5 Å². The molecule has 0 fully saturated rings. The summed E-state index contributed by atoms with van der Waals surface area (Å²) in [5.74, 6) is 1.39. The molecule has 0 spiro atoms. The molecule has 0 amide bonds. The lowest BCUT2D eigenvalue weighted by Gasteiger charge is -2.16. The molecule has 1 aromatic carbocycles.